The van der Waals surface area contributed by atoms with Gasteiger partial charge in [0.2, 0.25) is 10.0 Å². The Bertz CT molecular complexity index is 1310. The molecule has 2 aliphatic rings. The summed E-state index contributed by atoms with van der Waals surface area (Å²) in [6, 6.07) is 7.44. The van der Waals surface area contributed by atoms with E-state index in [-0.39, 0.29) is 23.1 Å². The Morgan fingerprint density at radius 2 is 2.00 bits per heavy atom. The maximum absolute atomic E-state index is 14.6. The van der Waals surface area contributed by atoms with E-state index in [1.54, 1.807) is 18.2 Å². The quantitative estimate of drug-likeness (QED) is 0.473. The summed E-state index contributed by atoms with van der Waals surface area (Å²) in [5.41, 5.74) is 6.83. The Morgan fingerprint density at radius 3 is 2.64 bits per heavy atom. The van der Waals surface area contributed by atoms with Crippen molar-refractivity contribution in [3.05, 3.63) is 41.7 Å². The van der Waals surface area contributed by atoms with Gasteiger partial charge in [0.15, 0.2) is 0 Å². The Labute approximate surface area is 231 Å². The average molecular weight is 561 g/mol. The standard InChI is InChI=1S/C29H41FN4O4S/c1-18(2)17-38-23-12-20(11-21(30)13-23)26-10-9-25(27(32-26)34-16-19(3)15-29(34,4)5)28(35)33-39(36,37)24-8-6-7-22(31)14-24/h9-13,18-19,22,24H,6-8,14-17,31H2,1-5H3,(H,33,35)/t19-,22+,24?/m0/s1. The molecule has 2 fully saturated rings. The number of sulfonamides is 1. The van der Waals surface area contributed by atoms with Gasteiger partial charge in [-0.15, -0.1) is 0 Å². The molecule has 1 unspecified atom stereocenters. The predicted octanol–water partition coefficient (Wildman–Crippen LogP) is 4.88. The molecule has 10 heteroatoms. The summed E-state index contributed by atoms with van der Waals surface area (Å²) >= 11 is 0. The van der Waals surface area contributed by atoms with E-state index >= 15 is 0 Å². The van der Waals surface area contributed by atoms with Crippen LogP contribution < -0.4 is 20.1 Å². The summed E-state index contributed by atoms with van der Waals surface area (Å²) in [6.07, 6.45) is 3.16. The average Bonchev–Trinajstić information content (AvgIpc) is 3.13. The third kappa shape index (κ3) is 6.90. The fraction of sp³-hybridized carbons (Fsp3) is 0.586. The van der Waals surface area contributed by atoms with Gasteiger partial charge in [-0.1, -0.05) is 27.2 Å². The van der Waals surface area contributed by atoms with Gasteiger partial charge in [-0.2, -0.15) is 0 Å². The summed E-state index contributed by atoms with van der Waals surface area (Å²) in [6.45, 7) is 11.4. The molecule has 3 N–H and O–H groups in total. The smallest absolute Gasteiger partial charge is 0.268 e. The number of nitrogens with zero attached hydrogens (tertiary/aromatic N) is 2. The molecule has 0 spiro atoms. The van der Waals surface area contributed by atoms with Gasteiger partial charge < -0.3 is 15.4 Å². The first-order valence-corrected chi connectivity index (χ1v) is 15.3. The molecule has 2 aromatic rings. The van der Waals surface area contributed by atoms with Gasteiger partial charge >= 0.3 is 0 Å². The summed E-state index contributed by atoms with van der Waals surface area (Å²) in [5.74, 6) is 0.222. The predicted molar refractivity (Wildman–Crippen MR) is 152 cm³/mol. The molecule has 2 heterocycles. The number of benzene rings is 1. The molecule has 1 amide bonds. The molecule has 0 bridgehead atoms. The van der Waals surface area contributed by atoms with Crippen LogP contribution in [-0.2, 0) is 10.0 Å². The maximum Gasteiger partial charge on any atom is 0.268 e. The number of pyridine rings is 1. The fourth-order valence-electron chi connectivity index (χ4n) is 5.74. The SMILES string of the molecule is CC(C)COc1cc(F)cc(-c2ccc(C(=O)NS(=O)(=O)C3CCC[C@@H](N)C3)c(N3C[C@@H](C)CC3(C)C)n2)c1. The number of anilines is 1. The lowest BCUT2D eigenvalue weighted by molar-refractivity contribution is 0.0981. The lowest BCUT2D eigenvalue weighted by Crippen LogP contribution is -2.44. The normalized spacial score (nSPS) is 23.2. The summed E-state index contributed by atoms with van der Waals surface area (Å²) in [5, 5.41) is -0.708. The van der Waals surface area contributed by atoms with E-state index in [1.165, 1.54) is 12.1 Å². The van der Waals surface area contributed by atoms with Gasteiger partial charge in [0.1, 0.15) is 17.4 Å². The molecule has 4 rings (SSSR count). The minimum absolute atomic E-state index is 0.164. The Kier molecular flexibility index (Phi) is 8.56. The minimum atomic E-state index is -3.92. The number of halogens is 1. The van der Waals surface area contributed by atoms with Crippen molar-refractivity contribution in [1.29, 1.82) is 0 Å². The second kappa shape index (κ2) is 11.4. The molecule has 1 aliphatic heterocycles. The molecule has 0 radical (unpaired) electrons. The third-order valence-corrected chi connectivity index (χ3v) is 9.31. The van der Waals surface area contributed by atoms with Gasteiger partial charge in [0.25, 0.3) is 5.91 Å². The highest BCUT2D eigenvalue weighted by atomic mass is 32.2. The van der Waals surface area contributed by atoms with E-state index in [9.17, 15) is 17.6 Å². The van der Waals surface area contributed by atoms with Crippen molar-refractivity contribution in [1.82, 2.24) is 9.71 Å². The van der Waals surface area contributed by atoms with Gasteiger partial charge in [-0.05, 0) is 75.6 Å². The lowest BCUT2D eigenvalue weighted by atomic mass is 9.96. The zero-order chi connectivity index (χ0) is 28.5. The largest absolute Gasteiger partial charge is 0.493 e. The molecular formula is C29H41FN4O4S. The van der Waals surface area contributed by atoms with E-state index in [0.717, 1.165) is 12.8 Å². The van der Waals surface area contributed by atoms with Crippen molar-refractivity contribution in [3.63, 3.8) is 0 Å². The van der Waals surface area contributed by atoms with Crippen molar-refractivity contribution < 1.29 is 22.3 Å². The number of amides is 1. The highest BCUT2D eigenvalue weighted by Crippen LogP contribution is 2.39. The number of hydrogen-bond acceptors (Lipinski definition) is 7. The van der Waals surface area contributed by atoms with Gasteiger partial charge in [0, 0.05) is 29.8 Å². The molecule has 1 aromatic heterocycles. The number of nitrogens with two attached hydrogens (primary N) is 1. The molecule has 1 saturated carbocycles. The monoisotopic (exact) mass is 560 g/mol. The molecular weight excluding hydrogens is 519 g/mol. The van der Waals surface area contributed by atoms with E-state index in [0.29, 0.717) is 61.2 Å². The van der Waals surface area contributed by atoms with Crippen molar-refractivity contribution in [2.75, 3.05) is 18.1 Å². The third-order valence-electron chi connectivity index (χ3n) is 7.54. The van der Waals surface area contributed by atoms with Crippen LogP contribution in [0.3, 0.4) is 0 Å². The number of rotatable bonds is 8. The molecule has 214 valence electrons. The van der Waals surface area contributed by atoms with E-state index < -0.39 is 27.0 Å². The zero-order valence-corrected chi connectivity index (χ0v) is 24.4. The first-order valence-electron chi connectivity index (χ1n) is 13.8. The Balaban J connectivity index is 1.72. The van der Waals surface area contributed by atoms with Crippen LogP contribution in [0, 0.1) is 17.7 Å². The molecule has 1 aromatic carbocycles. The number of aromatic nitrogens is 1. The van der Waals surface area contributed by atoms with Crippen LogP contribution in [0.5, 0.6) is 5.75 Å². The van der Waals surface area contributed by atoms with Crippen LogP contribution in [0.2, 0.25) is 0 Å². The first-order chi connectivity index (χ1) is 18.2. The van der Waals surface area contributed by atoms with Crippen molar-refractivity contribution in [2.24, 2.45) is 17.6 Å². The highest BCUT2D eigenvalue weighted by Gasteiger charge is 2.40. The molecule has 1 saturated heterocycles. The van der Waals surface area contributed by atoms with Crippen LogP contribution in [0.25, 0.3) is 11.3 Å². The van der Waals surface area contributed by atoms with E-state index in [4.69, 9.17) is 15.5 Å². The highest BCUT2D eigenvalue weighted by molar-refractivity contribution is 7.90. The van der Waals surface area contributed by atoms with Crippen molar-refractivity contribution in [3.8, 4) is 17.0 Å². The minimum Gasteiger partial charge on any atom is -0.493 e. The first kappa shape index (κ1) is 29.3. The summed E-state index contributed by atoms with van der Waals surface area (Å²) in [4.78, 5) is 20.4. The molecule has 3 atom stereocenters. The van der Waals surface area contributed by atoms with Crippen LogP contribution in [-0.4, -0.2) is 49.3 Å². The number of carbonyl (C=O) groups is 1. The van der Waals surface area contributed by atoms with Crippen LogP contribution >= 0.6 is 0 Å². The van der Waals surface area contributed by atoms with Crippen LogP contribution in [0.4, 0.5) is 10.2 Å². The van der Waals surface area contributed by atoms with Crippen LogP contribution in [0.15, 0.2) is 30.3 Å². The van der Waals surface area contributed by atoms with Crippen molar-refractivity contribution >= 4 is 21.7 Å². The number of ether oxygens (including phenoxy) is 1. The number of hydrogen-bond donors (Lipinski definition) is 2. The van der Waals surface area contributed by atoms with Gasteiger partial charge in [0.05, 0.1) is 23.1 Å². The second-order valence-corrected chi connectivity index (χ2v) is 14.2. The number of nitrogens with one attached hydrogen (secondary N) is 1. The van der Waals surface area contributed by atoms with Gasteiger partial charge in [-0.3, -0.25) is 4.79 Å². The van der Waals surface area contributed by atoms with Crippen molar-refractivity contribution in [2.45, 2.75) is 83.6 Å². The van der Waals surface area contributed by atoms with E-state index in [1.807, 2.05) is 13.8 Å². The summed E-state index contributed by atoms with van der Waals surface area (Å²) in [7, 11) is -3.92. The number of carbonyl (C=O) groups excluding carboxylic acids is 1. The van der Waals surface area contributed by atoms with Gasteiger partial charge in [-0.25, -0.2) is 22.5 Å². The Hall–Kier alpha value is -2.72. The lowest BCUT2D eigenvalue weighted by Gasteiger charge is -2.34. The van der Waals surface area contributed by atoms with Crippen LogP contribution in [0.1, 0.15) is 77.1 Å². The molecule has 1 aliphatic carbocycles. The fourth-order valence-corrected chi connectivity index (χ4v) is 7.25. The zero-order valence-electron chi connectivity index (χ0n) is 23.5. The van der Waals surface area contributed by atoms with E-state index in [2.05, 4.69) is 30.4 Å². The summed E-state index contributed by atoms with van der Waals surface area (Å²) < 4.78 is 48.9. The maximum atomic E-state index is 14.6. The molecule has 8 nitrogen and oxygen atoms in total. The Morgan fingerprint density at radius 1 is 1.26 bits per heavy atom. The second-order valence-electron chi connectivity index (χ2n) is 12.2. The topological polar surface area (TPSA) is 115 Å². The molecule has 39 heavy (non-hydrogen) atoms.